The second-order valence-electron chi connectivity index (χ2n) is 7.76. The minimum absolute atomic E-state index is 0.0954. The van der Waals surface area contributed by atoms with Gasteiger partial charge in [-0.25, -0.2) is 0 Å². The Morgan fingerprint density at radius 1 is 1.12 bits per heavy atom. The lowest BCUT2D eigenvalue weighted by molar-refractivity contribution is 0.190. The molecule has 1 aliphatic carbocycles. The molecule has 2 aliphatic rings. The summed E-state index contributed by atoms with van der Waals surface area (Å²) in [6.45, 7) is 4.48. The average Bonchev–Trinajstić information content (AvgIpc) is 3.27. The fourth-order valence-corrected chi connectivity index (χ4v) is 4.95. The molecule has 4 rings (SSSR count). The predicted octanol–water partition coefficient (Wildman–Crippen LogP) is 4.77. The molecule has 1 saturated carbocycles. The first-order chi connectivity index (χ1) is 12.7. The molecule has 1 aliphatic heterocycles. The number of nitrogens with zero attached hydrogens (tertiary/aromatic N) is 3. The molecule has 138 valence electrons. The van der Waals surface area contributed by atoms with Crippen molar-refractivity contribution in [1.29, 1.82) is 0 Å². The summed E-state index contributed by atoms with van der Waals surface area (Å²) in [5.74, 6) is 0. The molecule has 3 heterocycles. The summed E-state index contributed by atoms with van der Waals surface area (Å²) < 4.78 is 2.38. The maximum absolute atomic E-state index is 5.84. The lowest BCUT2D eigenvalue weighted by Gasteiger charge is -2.37. The maximum atomic E-state index is 5.84. The van der Waals surface area contributed by atoms with Crippen LogP contribution in [0.3, 0.4) is 0 Å². The number of aromatic nitrogens is 2. The molecule has 0 aromatic carbocycles. The van der Waals surface area contributed by atoms with E-state index in [-0.39, 0.29) is 12.1 Å². The Labute approximate surface area is 161 Å². The zero-order valence-electron chi connectivity index (χ0n) is 15.6. The van der Waals surface area contributed by atoms with Gasteiger partial charge in [0.2, 0.25) is 0 Å². The molecule has 5 heteroatoms. The molecule has 1 saturated heterocycles. The van der Waals surface area contributed by atoms with Crippen LogP contribution in [0.1, 0.15) is 75.5 Å². The second-order valence-corrected chi connectivity index (χ2v) is 8.15. The van der Waals surface area contributed by atoms with Crippen LogP contribution in [0.2, 0.25) is 0 Å². The lowest BCUT2D eigenvalue weighted by Crippen LogP contribution is -2.41. The number of hydrogen-bond donors (Lipinski definition) is 1. The van der Waals surface area contributed by atoms with Crippen LogP contribution in [-0.2, 0) is 0 Å². The summed E-state index contributed by atoms with van der Waals surface area (Å²) >= 11 is 5.84. The van der Waals surface area contributed by atoms with E-state index in [1.165, 1.54) is 37.8 Å². The number of thiocarbonyl (C=S) groups is 1. The van der Waals surface area contributed by atoms with E-state index in [1.807, 2.05) is 12.3 Å². The molecule has 4 nitrogen and oxygen atoms in total. The van der Waals surface area contributed by atoms with Crippen LogP contribution in [0.15, 0.2) is 42.7 Å². The number of nitrogens with one attached hydrogen (secondary N) is 1. The number of rotatable bonds is 4. The van der Waals surface area contributed by atoms with E-state index in [0.717, 1.165) is 10.8 Å². The standard InChI is InChI=1S/C21H28N4S/c1-15(2)24-14-8-12-18(24)20-19(17-11-6-7-13-22-17)23-21(26)25(20)16-9-4-3-5-10-16/h6-8,11-16,19-20H,3-5,9-10H2,1-2H3,(H,23,26)/t19-,20-/m0/s1. The van der Waals surface area contributed by atoms with Gasteiger partial charge in [0.05, 0.1) is 17.8 Å². The topological polar surface area (TPSA) is 33.1 Å². The molecule has 2 fully saturated rings. The Balaban J connectivity index is 1.77. The molecule has 2 atom stereocenters. The van der Waals surface area contributed by atoms with Crippen molar-refractivity contribution in [2.75, 3.05) is 0 Å². The van der Waals surface area contributed by atoms with E-state index >= 15 is 0 Å². The largest absolute Gasteiger partial charge is 0.352 e. The summed E-state index contributed by atoms with van der Waals surface area (Å²) in [6.07, 6.45) is 10.5. The molecular formula is C21H28N4S. The average molecular weight is 369 g/mol. The van der Waals surface area contributed by atoms with Crippen molar-refractivity contribution in [2.24, 2.45) is 0 Å². The smallest absolute Gasteiger partial charge is 0.170 e. The van der Waals surface area contributed by atoms with Crippen molar-refractivity contribution in [3.63, 3.8) is 0 Å². The van der Waals surface area contributed by atoms with Gasteiger partial charge in [-0.1, -0.05) is 25.3 Å². The summed E-state index contributed by atoms with van der Waals surface area (Å²) in [6, 6.07) is 11.8. The first-order valence-corrected chi connectivity index (χ1v) is 10.2. The molecule has 0 spiro atoms. The minimum atomic E-state index is 0.0954. The summed E-state index contributed by atoms with van der Waals surface area (Å²) in [5, 5.41) is 4.49. The highest BCUT2D eigenvalue weighted by Gasteiger charge is 2.44. The third kappa shape index (κ3) is 3.13. The first-order valence-electron chi connectivity index (χ1n) is 9.83. The summed E-state index contributed by atoms with van der Waals surface area (Å²) in [7, 11) is 0. The fraction of sp³-hybridized carbons (Fsp3) is 0.524. The Hall–Kier alpha value is -1.88. The van der Waals surface area contributed by atoms with Gasteiger partial charge in [0.25, 0.3) is 0 Å². The van der Waals surface area contributed by atoms with Crippen molar-refractivity contribution in [3.05, 3.63) is 54.1 Å². The third-order valence-corrected chi connectivity index (χ3v) is 6.10. The summed E-state index contributed by atoms with van der Waals surface area (Å²) in [4.78, 5) is 7.14. The highest BCUT2D eigenvalue weighted by atomic mass is 32.1. The van der Waals surface area contributed by atoms with Gasteiger partial charge in [-0.05, 0) is 63.2 Å². The highest BCUT2D eigenvalue weighted by Crippen LogP contribution is 2.42. The van der Waals surface area contributed by atoms with Crippen LogP contribution in [0.4, 0.5) is 0 Å². The van der Waals surface area contributed by atoms with Crippen molar-refractivity contribution in [3.8, 4) is 0 Å². The zero-order chi connectivity index (χ0) is 18.1. The van der Waals surface area contributed by atoms with Crippen LogP contribution in [0, 0.1) is 0 Å². The number of hydrogen-bond acceptors (Lipinski definition) is 2. The van der Waals surface area contributed by atoms with Gasteiger partial charge in [-0.3, -0.25) is 4.98 Å². The maximum Gasteiger partial charge on any atom is 0.170 e. The molecule has 0 amide bonds. The van der Waals surface area contributed by atoms with E-state index in [0.29, 0.717) is 12.1 Å². The molecule has 0 radical (unpaired) electrons. The van der Waals surface area contributed by atoms with Gasteiger partial charge in [-0.15, -0.1) is 0 Å². The van der Waals surface area contributed by atoms with E-state index < -0.39 is 0 Å². The molecule has 26 heavy (non-hydrogen) atoms. The monoisotopic (exact) mass is 368 g/mol. The minimum Gasteiger partial charge on any atom is -0.352 e. The van der Waals surface area contributed by atoms with Crippen LogP contribution in [0.25, 0.3) is 0 Å². The second kappa shape index (κ2) is 7.39. The predicted molar refractivity (Wildman–Crippen MR) is 109 cm³/mol. The molecule has 0 bridgehead atoms. The molecule has 2 aromatic heterocycles. The van der Waals surface area contributed by atoms with Crippen molar-refractivity contribution in [1.82, 2.24) is 19.8 Å². The normalized spacial score (nSPS) is 24.3. The Kier molecular flexibility index (Phi) is 4.98. The van der Waals surface area contributed by atoms with Crippen molar-refractivity contribution < 1.29 is 0 Å². The number of pyridine rings is 1. The summed E-state index contributed by atoms with van der Waals surface area (Å²) in [5.41, 5.74) is 2.39. The lowest BCUT2D eigenvalue weighted by atomic mass is 9.91. The Morgan fingerprint density at radius 3 is 2.62 bits per heavy atom. The zero-order valence-corrected chi connectivity index (χ0v) is 16.5. The van der Waals surface area contributed by atoms with E-state index in [1.54, 1.807) is 0 Å². The van der Waals surface area contributed by atoms with E-state index in [9.17, 15) is 0 Å². The molecular weight excluding hydrogens is 340 g/mol. The van der Waals surface area contributed by atoms with E-state index in [4.69, 9.17) is 12.2 Å². The van der Waals surface area contributed by atoms with Gasteiger partial charge in [0, 0.05) is 30.2 Å². The van der Waals surface area contributed by atoms with Crippen LogP contribution >= 0.6 is 12.2 Å². The van der Waals surface area contributed by atoms with E-state index in [2.05, 4.69) is 64.1 Å². The van der Waals surface area contributed by atoms with Crippen LogP contribution < -0.4 is 5.32 Å². The third-order valence-electron chi connectivity index (χ3n) is 5.77. The Morgan fingerprint density at radius 2 is 1.92 bits per heavy atom. The quantitative estimate of drug-likeness (QED) is 0.788. The van der Waals surface area contributed by atoms with Crippen molar-refractivity contribution in [2.45, 2.75) is 70.1 Å². The van der Waals surface area contributed by atoms with Crippen molar-refractivity contribution >= 4 is 17.3 Å². The molecule has 0 unspecified atom stereocenters. The van der Waals surface area contributed by atoms with Gasteiger partial charge < -0.3 is 14.8 Å². The Bertz CT molecular complexity index is 748. The van der Waals surface area contributed by atoms with Gasteiger partial charge >= 0.3 is 0 Å². The van der Waals surface area contributed by atoms with Crippen LogP contribution in [0.5, 0.6) is 0 Å². The van der Waals surface area contributed by atoms with Gasteiger partial charge in [-0.2, -0.15) is 0 Å². The highest BCUT2D eigenvalue weighted by molar-refractivity contribution is 7.80. The first kappa shape index (κ1) is 17.5. The molecule has 2 aromatic rings. The van der Waals surface area contributed by atoms with Crippen LogP contribution in [-0.4, -0.2) is 25.6 Å². The molecule has 1 N–H and O–H groups in total. The van der Waals surface area contributed by atoms with Gasteiger partial charge in [0.15, 0.2) is 5.11 Å². The fourth-order valence-electron chi connectivity index (χ4n) is 4.56. The van der Waals surface area contributed by atoms with Gasteiger partial charge in [0.1, 0.15) is 0 Å². The SMILES string of the molecule is CC(C)n1cccc1[C@H]1[C@H](c2ccccn2)NC(=S)N1C1CCCCC1.